The zero-order valence-electron chi connectivity index (χ0n) is 16.6. The van der Waals surface area contributed by atoms with Gasteiger partial charge in [0.15, 0.2) is 5.88 Å². The average Bonchev–Trinajstić information content (AvgIpc) is 3.09. The van der Waals surface area contributed by atoms with Gasteiger partial charge in [0.1, 0.15) is 12.4 Å². The molecule has 1 atom stereocenters. The van der Waals surface area contributed by atoms with E-state index in [1.165, 1.54) is 16.9 Å². The molecule has 0 radical (unpaired) electrons. The summed E-state index contributed by atoms with van der Waals surface area (Å²) < 4.78 is 8.18. The van der Waals surface area contributed by atoms with Gasteiger partial charge in [-0.25, -0.2) is 4.98 Å². The summed E-state index contributed by atoms with van der Waals surface area (Å²) in [4.78, 5) is 11.7. The third-order valence-corrected chi connectivity index (χ3v) is 6.29. The van der Waals surface area contributed by atoms with E-state index in [4.69, 9.17) is 9.72 Å². The number of nitrogens with zero attached hydrogens (tertiary/aromatic N) is 4. The predicted octanol–water partition coefficient (Wildman–Crippen LogP) is 3.84. The number of piperidine rings is 1. The van der Waals surface area contributed by atoms with Crippen LogP contribution in [0, 0.1) is 6.92 Å². The summed E-state index contributed by atoms with van der Waals surface area (Å²) in [5.41, 5.74) is 4.60. The van der Waals surface area contributed by atoms with Gasteiger partial charge in [0.2, 0.25) is 0 Å². The molecule has 1 aromatic carbocycles. The van der Waals surface area contributed by atoms with Crippen LogP contribution in [0.2, 0.25) is 0 Å². The first kappa shape index (κ1) is 18.9. The standard InChI is InChI=1S/C22H27N4OP/c1-16-20-22(28-3)23-11-14-26(20)21(24-16)19-9-12-25(13-10-19)17(2)27-15-18-7-5-4-6-8-18/h4-8,11,14,19,28H,2,9-10,12-13,15H2,1,3H3. The van der Waals surface area contributed by atoms with Crippen LogP contribution in [0.1, 0.15) is 35.8 Å². The second-order valence-corrected chi connectivity index (χ2v) is 8.20. The van der Waals surface area contributed by atoms with Crippen LogP contribution >= 0.6 is 8.58 Å². The highest BCUT2D eigenvalue weighted by molar-refractivity contribution is 7.46. The molecular weight excluding hydrogens is 367 g/mol. The molecule has 0 bridgehead atoms. The number of ether oxygens (including phenoxy) is 1. The van der Waals surface area contributed by atoms with E-state index in [0.29, 0.717) is 21.1 Å². The molecule has 5 nitrogen and oxygen atoms in total. The maximum absolute atomic E-state index is 5.92. The molecule has 6 heteroatoms. The van der Waals surface area contributed by atoms with Gasteiger partial charge >= 0.3 is 0 Å². The van der Waals surface area contributed by atoms with E-state index in [9.17, 15) is 0 Å². The topological polar surface area (TPSA) is 42.7 Å². The van der Waals surface area contributed by atoms with Crippen molar-refractivity contribution in [2.45, 2.75) is 32.3 Å². The van der Waals surface area contributed by atoms with Crippen molar-refractivity contribution in [2.24, 2.45) is 0 Å². The lowest BCUT2D eigenvalue weighted by atomic mass is 9.96. The molecule has 0 spiro atoms. The molecule has 0 aliphatic carbocycles. The molecule has 4 rings (SSSR count). The first-order chi connectivity index (χ1) is 13.7. The fourth-order valence-corrected chi connectivity index (χ4v) is 4.67. The van der Waals surface area contributed by atoms with Crippen LogP contribution in [0.15, 0.2) is 55.2 Å². The number of benzene rings is 1. The maximum atomic E-state index is 5.92. The highest BCUT2D eigenvalue weighted by Gasteiger charge is 2.26. The van der Waals surface area contributed by atoms with Crippen molar-refractivity contribution in [3.63, 3.8) is 0 Å². The van der Waals surface area contributed by atoms with Gasteiger partial charge in [-0.2, -0.15) is 0 Å². The molecule has 0 saturated carbocycles. The highest BCUT2D eigenvalue weighted by Crippen LogP contribution is 2.30. The summed E-state index contributed by atoms with van der Waals surface area (Å²) in [5.74, 6) is 2.39. The Balaban J connectivity index is 1.40. The van der Waals surface area contributed by atoms with Crippen LogP contribution in [-0.2, 0) is 11.3 Å². The first-order valence-electron chi connectivity index (χ1n) is 9.79. The lowest BCUT2D eigenvalue weighted by Crippen LogP contribution is -2.33. The van der Waals surface area contributed by atoms with E-state index < -0.39 is 0 Å². The van der Waals surface area contributed by atoms with E-state index in [2.05, 4.69) is 52.8 Å². The van der Waals surface area contributed by atoms with E-state index in [1.807, 2.05) is 24.4 Å². The molecular formula is C22H27N4OP. The van der Waals surface area contributed by atoms with Crippen LogP contribution in [0.3, 0.4) is 0 Å². The Hall–Kier alpha value is -2.39. The van der Waals surface area contributed by atoms with Gasteiger partial charge in [0.05, 0.1) is 16.6 Å². The number of fused-ring (bicyclic) bond motifs is 1. The van der Waals surface area contributed by atoms with Crippen molar-refractivity contribution in [2.75, 3.05) is 19.8 Å². The first-order valence-corrected chi connectivity index (χ1v) is 11.3. The second kappa shape index (κ2) is 8.32. The Bertz CT molecular complexity index is 961. The molecule has 1 aliphatic rings. The summed E-state index contributed by atoms with van der Waals surface area (Å²) in [6.45, 7) is 10.9. The molecule has 1 unspecified atom stereocenters. The van der Waals surface area contributed by atoms with Crippen molar-refractivity contribution >= 4 is 19.5 Å². The van der Waals surface area contributed by atoms with Gasteiger partial charge < -0.3 is 9.64 Å². The van der Waals surface area contributed by atoms with Crippen molar-refractivity contribution in [1.82, 2.24) is 19.3 Å². The summed E-state index contributed by atoms with van der Waals surface area (Å²) in [7, 11) is 0.675. The number of hydrogen-bond donors (Lipinski definition) is 0. The van der Waals surface area contributed by atoms with Crippen molar-refractivity contribution < 1.29 is 4.74 Å². The monoisotopic (exact) mass is 394 g/mol. The molecule has 1 saturated heterocycles. The Kier molecular flexibility index (Phi) is 5.63. The highest BCUT2D eigenvalue weighted by atomic mass is 31.1. The van der Waals surface area contributed by atoms with Crippen LogP contribution in [-0.4, -0.2) is 39.0 Å². The number of aromatic nitrogens is 3. The summed E-state index contributed by atoms with van der Waals surface area (Å²) in [5, 5.41) is 0. The van der Waals surface area contributed by atoms with E-state index in [0.717, 1.165) is 42.9 Å². The molecule has 3 heterocycles. The van der Waals surface area contributed by atoms with Gasteiger partial charge in [-0.3, -0.25) is 9.38 Å². The van der Waals surface area contributed by atoms with Crippen LogP contribution in [0.5, 0.6) is 0 Å². The van der Waals surface area contributed by atoms with E-state index in [1.54, 1.807) is 0 Å². The summed E-state index contributed by atoms with van der Waals surface area (Å²) >= 11 is 0. The fourth-order valence-electron chi connectivity index (χ4n) is 3.93. The molecule has 0 N–H and O–H groups in total. The number of hydrogen-bond acceptors (Lipinski definition) is 4. The maximum Gasteiger partial charge on any atom is 0.182 e. The zero-order valence-corrected chi connectivity index (χ0v) is 17.6. The molecule has 1 aliphatic heterocycles. The number of imidazole rings is 1. The lowest BCUT2D eigenvalue weighted by Gasteiger charge is -2.33. The van der Waals surface area contributed by atoms with Crippen molar-refractivity contribution in [1.29, 1.82) is 0 Å². The third-order valence-electron chi connectivity index (χ3n) is 5.45. The summed E-state index contributed by atoms with van der Waals surface area (Å²) in [6.07, 6.45) is 6.07. The molecule has 28 heavy (non-hydrogen) atoms. The average molecular weight is 394 g/mol. The van der Waals surface area contributed by atoms with Crippen LogP contribution in [0.25, 0.3) is 5.52 Å². The Morgan fingerprint density at radius 3 is 2.71 bits per heavy atom. The third kappa shape index (κ3) is 3.77. The van der Waals surface area contributed by atoms with Gasteiger partial charge in [-0.1, -0.05) is 38.9 Å². The largest absolute Gasteiger partial charge is 0.475 e. The lowest BCUT2D eigenvalue weighted by molar-refractivity contribution is 0.0872. The minimum atomic E-state index is 0.454. The molecule has 0 amide bonds. The molecule has 1 fully saturated rings. The minimum absolute atomic E-state index is 0.454. The zero-order chi connectivity index (χ0) is 19.5. The SMILES string of the molecule is C=C(OCc1ccccc1)N1CCC(c2nc(C)c3c(PC)nccn23)CC1. The number of rotatable bonds is 6. The van der Waals surface area contributed by atoms with E-state index >= 15 is 0 Å². The smallest absolute Gasteiger partial charge is 0.182 e. The van der Waals surface area contributed by atoms with Gasteiger partial charge in [0, 0.05) is 31.4 Å². The van der Waals surface area contributed by atoms with Gasteiger partial charge in [-0.15, -0.1) is 0 Å². The fraction of sp³-hybridized carbons (Fsp3) is 0.364. The minimum Gasteiger partial charge on any atom is -0.475 e. The van der Waals surface area contributed by atoms with E-state index in [-0.39, 0.29) is 0 Å². The number of likely N-dealkylation sites (tertiary alicyclic amines) is 1. The van der Waals surface area contributed by atoms with Crippen LogP contribution < -0.4 is 5.44 Å². The van der Waals surface area contributed by atoms with Crippen LogP contribution in [0.4, 0.5) is 0 Å². The normalized spacial score (nSPS) is 15.6. The second-order valence-electron chi connectivity index (χ2n) is 7.23. The number of aryl methyl sites for hydroxylation is 1. The summed E-state index contributed by atoms with van der Waals surface area (Å²) in [6, 6.07) is 10.2. The Morgan fingerprint density at radius 2 is 2.00 bits per heavy atom. The van der Waals surface area contributed by atoms with Crippen molar-refractivity contribution in [3.8, 4) is 0 Å². The Morgan fingerprint density at radius 1 is 1.25 bits per heavy atom. The molecule has 3 aromatic rings. The van der Waals surface area contributed by atoms with Crippen molar-refractivity contribution in [3.05, 3.63) is 72.3 Å². The van der Waals surface area contributed by atoms with Gasteiger partial charge in [-0.05, 0) is 38.6 Å². The molecule has 2 aromatic heterocycles. The van der Waals surface area contributed by atoms with Gasteiger partial charge in [0.25, 0.3) is 0 Å². The Labute approximate surface area is 168 Å². The predicted molar refractivity (Wildman–Crippen MR) is 116 cm³/mol. The quantitative estimate of drug-likeness (QED) is 0.471. The molecule has 146 valence electrons.